The number of nitrogen functional groups attached to an aromatic ring is 1. The summed E-state index contributed by atoms with van der Waals surface area (Å²) in [6.45, 7) is 4.16. The van der Waals surface area contributed by atoms with E-state index in [0.717, 1.165) is 75.8 Å². The Morgan fingerprint density at radius 2 is 1.60 bits per heavy atom. The second-order valence-corrected chi connectivity index (χ2v) is 15.8. The zero-order valence-electron chi connectivity index (χ0n) is 29.2. The highest BCUT2D eigenvalue weighted by molar-refractivity contribution is 9.11. The zero-order valence-corrected chi connectivity index (χ0v) is 32.4. The number of rotatable bonds is 6. The number of fused-ring (bicyclic) bond motifs is 3. The molecule has 4 aliphatic heterocycles. The average Bonchev–Trinajstić information content (AvgIpc) is 3.30. The standard InChI is InChI=1S/C39H45Br2N9O2/c40-30-22-26(23-31(41)36(30)43)24-33(37(51)48-20-15-27(16-21-48)47-17-7-1-8-18-47)45-38(44-25-42)49-19-9-6-14-35(49)50-34-13-5-3-11-29(34)28-10-2-4-12-32(28)46-39(50)52/h2-5,10-13,22-23,27,33,35H,1,6-9,14-21,24,43H2,(H,44,45)(H,46,52)/t33-,35?/m1/s1. The Balaban J connectivity index is 1.23. The van der Waals surface area contributed by atoms with Crippen molar-refractivity contribution in [1.82, 2.24) is 20.0 Å². The van der Waals surface area contributed by atoms with Crippen LogP contribution in [0.5, 0.6) is 0 Å². The van der Waals surface area contributed by atoms with Gasteiger partial charge in [-0.15, -0.1) is 0 Å². The molecule has 4 heterocycles. The summed E-state index contributed by atoms with van der Waals surface area (Å²) in [4.78, 5) is 42.2. The number of nitrogens with zero attached hydrogens (tertiary/aromatic N) is 6. The number of halogens is 2. The molecule has 0 aliphatic carbocycles. The fourth-order valence-electron chi connectivity index (χ4n) is 8.24. The van der Waals surface area contributed by atoms with Crippen LogP contribution in [0, 0.1) is 11.5 Å². The molecule has 3 amide bonds. The molecule has 4 N–H and O–H groups in total. The molecule has 0 bridgehead atoms. The highest BCUT2D eigenvalue weighted by Gasteiger charge is 2.39. The van der Waals surface area contributed by atoms with Gasteiger partial charge in [-0.1, -0.05) is 42.8 Å². The topological polar surface area (TPSA) is 133 Å². The van der Waals surface area contributed by atoms with Crippen molar-refractivity contribution in [2.24, 2.45) is 4.99 Å². The lowest BCUT2D eigenvalue weighted by atomic mass is 9.98. The van der Waals surface area contributed by atoms with Crippen molar-refractivity contribution in [1.29, 1.82) is 5.26 Å². The third-order valence-electron chi connectivity index (χ3n) is 10.9. The third-order valence-corrected chi connectivity index (χ3v) is 12.2. The van der Waals surface area contributed by atoms with Crippen molar-refractivity contribution >= 4 is 66.8 Å². The maximum Gasteiger partial charge on any atom is 0.328 e. The number of piperidine rings is 3. The lowest BCUT2D eigenvalue weighted by Crippen LogP contribution is -2.59. The summed E-state index contributed by atoms with van der Waals surface area (Å²) in [7, 11) is 0. The van der Waals surface area contributed by atoms with Crippen LogP contribution in [-0.2, 0) is 11.2 Å². The minimum atomic E-state index is -0.818. The molecule has 3 aromatic rings. The highest BCUT2D eigenvalue weighted by atomic mass is 79.9. The number of likely N-dealkylation sites (tertiary alicyclic amines) is 3. The SMILES string of the molecule is N#CNC(=N[C@H](Cc1cc(Br)c(N)c(Br)c1)C(=O)N1CCC(N2CCCCC2)CC1)N1CCCCC1N1C(=O)Nc2ccccc2-c2ccccc21. The number of urea groups is 1. The van der Waals surface area contributed by atoms with Crippen molar-refractivity contribution in [3.8, 4) is 17.3 Å². The first kappa shape index (κ1) is 36.2. The normalized spacial score (nSPS) is 20.6. The van der Waals surface area contributed by atoms with Crippen LogP contribution in [-0.4, -0.2) is 83.6 Å². The Morgan fingerprint density at radius 1 is 0.923 bits per heavy atom. The zero-order chi connectivity index (χ0) is 36.2. The van der Waals surface area contributed by atoms with Gasteiger partial charge in [0.2, 0.25) is 11.9 Å². The lowest BCUT2D eigenvalue weighted by molar-refractivity contribution is -0.134. The molecule has 0 saturated carbocycles. The average molecular weight is 832 g/mol. The smallest absolute Gasteiger partial charge is 0.328 e. The molecule has 3 saturated heterocycles. The van der Waals surface area contributed by atoms with E-state index < -0.39 is 12.2 Å². The minimum Gasteiger partial charge on any atom is -0.397 e. The van der Waals surface area contributed by atoms with Gasteiger partial charge in [0.25, 0.3) is 0 Å². The number of nitrogens with two attached hydrogens (primary N) is 1. The summed E-state index contributed by atoms with van der Waals surface area (Å²) in [5.74, 6) is 0.217. The van der Waals surface area contributed by atoms with Crippen molar-refractivity contribution < 1.29 is 9.59 Å². The summed E-state index contributed by atoms with van der Waals surface area (Å²) >= 11 is 7.15. The summed E-state index contributed by atoms with van der Waals surface area (Å²) < 4.78 is 1.46. The molecule has 0 spiro atoms. The van der Waals surface area contributed by atoms with E-state index in [1.165, 1.54) is 19.3 Å². The summed E-state index contributed by atoms with van der Waals surface area (Å²) in [5, 5.41) is 16.1. The van der Waals surface area contributed by atoms with Gasteiger partial charge >= 0.3 is 6.03 Å². The van der Waals surface area contributed by atoms with Crippen LogP contribution in [0.2, 0.25) is 0 Å². The second kappa shape index (κ2) is 16.3. The maximum absolute atomic E-state index is 14.6. The van der Waals surface area contributed by atoms with Gasteiger partial charge < -0.3 is 25.8 Å². The first-order chi connectivity index (χ1) is 25.3. The van der Waals surface area contributed by atoms with E-state index in [-0.39, 0.29) is 17.9 Å². The van der Waals surface area contributed by atoms with Gasteiger partial charge in [0, 0.05) is 52.2 Å². The van der Waals surface area contributed by atoms with Gasteiger partial charge in [-0.25, -0.2) is 9.79 Å². The fraction of sp³-hybridized carbons (Fsp3) is 0.436. The Labute approximate surface area is 322 Å². The van der Waals surface area contributed by atoms with Crippen molar-refractivity contribution in [3.05, 3.63) is 75.2 Å². The number of carbonyl (C=O) groups excluding carboxylic acids is 2. The van der Waals surface area contributed by atoms with Gasteiger partial charge in [0.05, 0.1) is 17.1 Å². The molecule has 52 heavy (non-hydrogen) atoms. The Kier molecular flexibility index (Phi) is 11.3. The molecule has 11 nitrogen and oxygen atoms in total. The van der Waals surface area contributed by atoms with Gasteiger partial charge in [-0.05, 0) is 120 Å². The van der Waals surface area contributed by atoms with E-state index in [9.17, 15) is 14.9 Å². The van der Waals surface area contributed by atoms with Crippen LogP contribution in [0.4, 0.5) is 21.9 Å². The van der Waals surface area contributed by atoms with Crippen LogP contribution in [0.25, 0.3) is 11.1 Å². The molecule has 1 unspecified atom stereocenters. The Hall–Kier alpha value is -4.12. The van der Waals surface area contributed by atoms with Crippen LogP contribution in [0.3, 0.4) is 0 Å². The number of hydrogen-bond donors (Lipinski definition) is 3. The van der Waals surface area contributed by atoms with Crippen LogP contribution in [0.15, 0.2) is 74.6 Å². The Morgan fingerprint density at radius 3 is 2.33 bits per heavy atom. The molecule has 3 fully saturated rings. The van der Waals surface area contributed by atoms with E-state index in [1.54, 1.807) is 4.90 Å². The number of para-hydroxylation sites is 2. The van der Waals surface area contributed by atoms with E-state index in [0.29, 0.717) is 44.2 Å². The molecule has 0 radical (unpaired) electrons. The Bertz CT molecular complexity index is 1840. The van der Waals surface area contributed by atoms with E-state index in [2.05, 4.69) is 53.6 Å². The third kappa shape index (κ3) is 7.65. The maximum atomic E-state index is 14.6. The number of amides is 3. The molecule has 272 valence electrons. The van der Waals surface area contributed by atoms with E-state index >= 15 is 0 Å². The predicted molar refractivity (Wildman–Crippen MR) is 213 cm³/mol. The van der Waals surface area contributed by atoms with Gasteiger partial charge in [0.15, 0.2) is 6.19 Å². The number of nitrogens with one attached hydrogen (secondary N) is 2. The van der Waals surface area contributed by atoms with Gasteiger partial charge in [0.1, 0.15) is 12.2 Å². The van der Waals surface area contributed by atoms with Crippen molar-refractivity contribution in [2.45, 2.75) is 76.0 Å². The number of carbonyl (C=O) groups is 2. The lowest BCUT2D eigenvalue weighted by Gasteiger charge is -2.43. The molecule has 7 rings (SSSR count). The predicted octanol–water partition coefficient (Wildman–Crippen LogP) is 7.14. The number of hydrogen-bond acceptors (Lipinski definition) is 6. The van der Waals surface area contributed by atoms with E-state index in [1.807, 2.05) is 70.5 Å². The number of benzene rings is 3. The molecule has 4 aliphatic rings. The van der Waals surface area contributed by atoms with Crippen LogP contribution < -0.4 is 21.3 Å². The summed E-state index contributed by atoms with van der Waals surface area (Å²) in [6, 6.07) is 19.0. The van der Waals surface area contributed by atoms with Gasteiger partial charge in [-0.2, -0.15) is 5.26 Å². The molecule has 3 aromatic carbocycles. The number of anilines is 3. The van der Waals surface area contributed by atoms with Crippen molar-refractivity contribution in [3.63, 3.8) is 0 Å². The van der Waals surface area contributed by atoms with Crippen LogP contribution in [0.1, 0.15) is 56.9 Å². The molecular weight excluding hydrogens is 786 g/mol. The number of aliphatic imine (C=N–C) groups is 1. The number of guanidine groups is 1. The van der Waals surface area contributed by atoms with Crippen LogP contribution >= 0.6 is 31.9 Å². The molecule has 2 atom stereocenters. The first-order valence-corrected chi connectivity index (χ1v) is 20.0. The molecular formula is C39H45Br2N9O2. The van der Waals surface area contributed by atoms with Crippen molar-refractivity contribution in [2.75, 3.05) is 48.7 Å². The fourth-order valence-corrected chi connectivity index (χ4v) is 9.52. The molecule has 0 aromatic heterocycles. The van der Waals surface area contributed by atoms with Gasteiger partial charge in [-0.3, -0.25) is 15.0 Å². The molecule has 13 heteroatoms. The minimum absolute atomic E-state index is 0.0692. The summed E-state index contributed by atoms with van der Waals surface area (Å²) in [5.41, 5.74) is 11.1. The first-order valence-electron chi connectivity index (χ1n) is 18.4. The second-order valence-electron chi connectivity index (χ2n) is 14.1. The highest BCUT2D eigenvalue weighted by Crippen LogP contribution is 2.41. The summed E-state index contributed by atoms with van der Waals surface area (Å²) in [6.07, 6.45) is 9.99. The number of nitriles is 1. The monoisotopic (exact) mass is 829 g/mol. The quantitative estimate of drug-likeness (QED) is 0.0792. The largest absolute Gasteiger partial charge is 0.397 e. The van der Waals surface area contributed by atoms with E-state index in [4.69, 9.17) is 10.7 Å².